The van der Waals surface area contributed by atoms with E-state index >= 15 is 0 Å². The number of aromatic carboxylic acids is 1. The van der Waals surface area contributed by atoms with Gasteiger partial charge in [0.05, 0.1) is 28.0 Å². The summed E-state index contributed by atoms with van der Waals surface area (Å²) < 4.78 is 1.70. The van der Waals surface area contributed by atoms with Gasteiger partial charge in [0.15, 0.2) is 0 Å². The summed E-state index contributed by atoms with van der Waals surface area (Å²) in [7, 11) is 1.82. The zero-order valence-electron chi connectivity index (χ0n) is 12.4. The van der Waals surface area contributed by atoms with Crippen molar-refractivity contribution in [3.63, 3.8) is 0 Å². The van der Waals surface area contributed by atoms with Crippen LogP contribution < -0.4 is 0 Å². The van der Waals surface area contributed by atoms with Gasteiger partial charge in [-0.3, -0.25) is 9.97 Å². The van der Waals surface area contributed by atoms with Gasteiger partial charge in [0.1, 0.15) is 11.0 Å². The van der Waals surface area contributed by atoms with E-state index in [0.29, 0.717) is 16.6 Å². The average Bonchev–Trinajstić information content (AvgIpc) is 3.05. The molecule has 0 aliphatic rings. The Balaban J connectivity index is 1.96. The Hall–Kier alpha value is -3.29. The van der Waals surface area contributed by atoms with E-state index in [1.807, 2.05) is 20.0 Å². The highest BCUT2D eigenvalue weighted by atomic mass is 16.4. The molecule has 4 heterocycles. The smallest absolute Gasteiger partial charge is 0.337 e. The molecule has 0 saturated carbocycles. The summed E-state index contributed by atoms with van der Waals surface area (Å²) in [6.45, 7) is 1.89. The Kier molecular flexibility index (Phi) is 2.68. The topological polar surface area (TPSA) is 110 Å². The first kappa shape index (κ1) is 13.4. The predicted octanol–water partition coefficient (Wildman–Crippen LogP) is 1.91. The lowest BCUT2D eigenvalue weighted by atomic mass is 10.1. The fourth-order valence-electron chi connectivity index (χ4n) is 2.75. The van der Waals surface area contributed by atoms with Gasteiger partial charge in [0.25, 0.3) is 0 Å². The fraction of sp³-hybridized carbons (Fsp3) is 0.133. The van der Waals surface area contributed by atoms with Gasteiger partial charge in [-0.2, -0.15) is 0 Å². The van der Waals surface area contributed by atoms with Gasteiger partial charge in [-0.05, 0) is 19.1 Å². The summed E-state index contributed by atoms with van der Waals surface area (Å²) in [4.78, 5) is 22.9. The molecule has 0 unspecified atom stereocenters. The lowest BCUT2D eigenvalue weighted by Crippen LogP contribution is -1.96. The Morgan fingerprint density at radius 1 is 1.17 bits per heavy atom. The van der Waals surface area contributed by atoms with Gasteiger partial charge in [0, 0.05) is 25.0 Å². The second kappa shape index (κ2) is 4.60. The Bertz CT molecular complexity index is 1060. The van der Waals surface area contributed by atoms with E-state index in [1.165, 1.54) is 6.20 Å². The molecular weight excluding hydrogens is 296 g/mol. The monoisotopic (exact) mass is 308 g/mol. The third kappa shape index (κ3) is 1.95. The minimum atomic E-state index is -1.01. The maximum Gasteiger partial charge on any atom is 0.337 e. The summed E-state index contributed by atoms with van der Waals surface area (Å²) in [5.41, 5.74) is 5.50. The highest BCUT2D eigenvalue weighted by Gasteiger charge is 2.14. The summed E-state index contributed by atoms with van der Waals surface area (Å²) >= 11 is 0. The van der Waals surface area contributed by atoms with Crippen molar-refractivity contribution >= 4 is 28.0 Å². The highest BCUT2D eigenvalue weighted by molar-refractivity contribution is 6.04. The molecule has 2 N–H and O–H groups in total. The zero-order chi connectivity index (χ0) is 16.1. The molecule has 0 fully saturated rings. The number of hydrogen-bond donors (Lipinski definition) is 2. The van der Waals surface area contributed by atoms with Gasteiger partial charge in [-0.25, -0.2) is 9.48 Å². The number of carboxylic acid groups (broad SMARTS) is 1. The number of carboxylic acids is 1. The molecule has 4 aromatic heterocycles. The number of aromatic amines is 1. The number of rotatable bonds is 2. The second-order valence-electron chi connectivity index (χ2n) is 5.32. The maximum atomic E-state index is 11.1. The number of hydrogen-bond acceptors (Lipinski definition) is 5. The summed E-state index contributed by atoms with van der Waals surface area (Å²) in [5.74, 6) is -1.01. The molecule has 114 valence electrons. The van der Waals surface area contributed by atoms with E-state index in [4.69, 9.17) is 5.11 Å². The quantitative estimate of drug-likeness (QED) is 0.585. The lowest BCUT2D eigenvalue weighted by molar-refractivity contribution is 0.0696. The van der Waals surface area contributed by atoms with Gasteiger partial charge >= 0.3 is 5.97 Å². The SMILES string of the molecule is Cc1nnn(C)c1-c1cnc2c(c1)[nH]c1cc(C(=O)O)cnc12. The molecule has 4 aromatic rings. The number of carbonyl (C=O) groups is 1. The van der Waals surface area contributed by atoms with Crippen LogP contribution in [0, 0.1) is 6.92 Å². The number of H-pyrrole nitrogens is 1. The van der Waals surface area contributed by atoms with Crippen molar-refractivity contribution in [3.8, 4) is 11.3 Å². The number of fused-ring (bicyclic) bond motifs is 3. The zero-order valence-corrected chi connectivity index (χ0v) is 12.4. The number of pyridine rings is 2. The Labute approximate surface area is 129 Å². The van der Waals surface area contributed by atoms with Crippen LogP contribution in [0.15, 0.2) is 24.5 Å². The minimum Gasteiger partial charge on any atom is -0.478 e. The van der Waals surface area contributed by atoms with Gasteiger partial charge in [-0.15, -0.1) is 5.10 Å². The molecule has 0 aliphatic carbocycles. The van der Waals surface area contributed by atoms with Crippen LogP contribution >= 0.6 is 0 Å². The van der Waals surface area contributed by atoms with Crippen molar-refractivity contribution in [1.82, 2.24) is 29.9 Å². The van der Waals surface area contributed by atoms with Crippen molar-refractivity contribution in [2.45, 2.75) is 6.92 Å². The number of aryl methyl sites for hydroxylation is 2. The predicted molar refractivity (Wildman–Crippen MR) is 83.1 cm³/mol. The number of nitrogens with one attached hydrogen (secondary N) is 1. The Morgan fingerprint density at radius 3 is 2.52 bits per heavy atom. The molecule has 0 aliphatic heterocycles. The normalized spacial score (nSPS) is 11.4. The van der Waals surface area contributed by atoms with Crippen LogP contribution in [0.1, 0.15) is 16.1 Å². The first-order chi connectivity index (χ1) is 11.0. The molecular formula is C15H12N6O2. The van der Waals surface area contributed by atoms with Crippen LogP contribution in [-0.2, 0) is 7.05 Å². The van der Waals surface area contributed by atoms with Crippen molar-refractivity contribution in [2.24, 2.45) is 7.05 Å². The van der Waals surface area contributed by atoms with Gasteiger partial charge in [-0.1, -0.05) is 5.21 Å². The Morgan fingerprint density at radius 2 is 1.87 bits per heavy atom. The molecule has 0 bridgehead atoms. The van der Waals surface area contributed by atoms with E-state index in [2.05, 4.69) is 25.3 Å². The van der Waals surface area contributed by atoms with E-state index in [-0.39, 0.29) is 5.56 Å². The third-order valence-electron chi connectivity index (χ3n) is 3.78. The molecule has 0 atom stereocenters. The van der Waals surface area contributed by atoms with Gasteiger partial charge < -0.3 is 10.1 Å². The molecule has 0 radical (unpaired) electrons. The van der Waals surface area contributed by atoms with Crippen LogP contribution in [0.3, 0.4) is 0 Å². The van der Waals surface area contributed by atoms with Crippen molar-refractivity contribution in [3.05, 3.63) is 35.8 Å². The standard InChI is InChI=1S/C15H12N6O2/c1-7-14(21(2)20-19-7)8-3-10-12(16-5-8)13-11(18-10)4-9(6-17-13)15(22)23/h3-6,18H,1-2H3,(H,22,23). The van der Waals surface area contributed by atoms with Crippen LogP contribution in [0.2, 0.25) is 0 Å². The average molecular weight is 308 g/mol. The lowest BCUT2D eigenvalue weighted by Gasteiger charge is -2.02. The molecule has 8 nitrogen and oxygen atoms in total. The molecule has 0 spiro atoms. The third-order valence-corrected chi connectivity index (χ3v) is 3.78. The van der Waals surface area contributed by atoms with Crippen molar-refractivity contribution in [2.75, 3.05) is 0 Å². The summed E-state index contributed by atoms with van der Waals surface area (Å²) in [6.07, 6.45) is 3.08. The minimum absolute atomic E-state index is 0.135. The fourth-order valence-corrected chi connectivity index (χ4v) is 2.75. The first-order valence-corrected chi connectivity index (χ1v) is 6.92. The molecule has 0 aromatic carbocycles. The van der Waals surface area contributed by atoms with Crippen molar-refractivity contribution < 1.29 is 9.90 Å². The molecule has 0 amide bonds. The molecule has 23 heavy (non-hydrogen) atoms. The first-order valence-electron chi connectivity index (χ1n) is 6.92. The number of nitrogens with zero attached hydrogens (tertiary/aromatic N) is 5. The largest absolute Gasteiger partial charge is 0.478 e. The number of aromatic nitrogens is 6. The van der Waals surface area contributed by atoms with Gasteiger partial charge in [0.2, 0.25) is 0 Å². The van der Waals surface area contributed by atoms with Crippen LogP contribution in [-0.4, -0.2) is 41.0 Å². The van der Waals surface area contributed by atoms with E-state index in [1.54, 1.807) is 16.9 Å². The summed E-state index contributed by atoms with van der Waals surface area (Å²) in [5, 5.41) is 17.1. The maximum absolute atomic E-state index is 11.1. The highest BCUT2D eigenvalue weighted by Crippen LogP contribution is 2.27. The molecule has 0 saturated heterocycles. The van der Waals surface area contributed by atoms with Crippen molar-refractivity contribution in [1.29, 1.82) is 0 Å². The second-order valence-corrected chi connectivity index (χ2v) is 5.32. The summed E-state index contributed by atoms with van der Waals surface area (Å²) in [6, 6.07) is 3.50. The van der Waals surface area contributed by atoms with Crippen LogP contribution in [0.5, 0.6) is 0 Å². The van der Waals surface area contributed by atoms with E-state index in [9.17, 15) is 4.79 Å². The van der Waals surface area contributed by atoms with Crippen LogP contribution in [0.4, 0.5) is 0 Å². The van der Waals surface area contributed by atoms with Crippen LogP contribution in [0.25, 0.3) is 33.3 Å². The van der Waals surface area contributed by atoms with E-state index in [0.717, 1.165) is 22.5 Å². The molecule has 4 rings (SSSR count). The molecule has 8 heteroatoms. The van der Waals surface area contributed by atoms with E-state index < -0.39 is 5.97 Å².